The number of hydrogen-bond donors (Lipinski definition) is 1. The van der Waals surface area contributed by atoms with Gasteiger partial charge in [-0.3, -0.25) is 4.79 Å². The lowest BCUT2D eigenvalue weighted by Gasteiger charge is -2.23. The van der Waals surface area contributed by atoms with Gasteiger partial charge in [-0.1, -0.05) is 15.9 Å². The Morgan fingerprint density at radius 2 is 1.96 bits per heavy atom. The van der Waals surface area contributed by atoms with Crippen LogP contribution in [0.15, 0.2) is 45.8 Å². The number of amides is 1. The number of benzene rings is 2. The Morgan fingerprint density at radius 3 is 2.61 bits per heavy atom. The summed E-state index contributed by atoms with van der Waals surface area (Å²) in [6.45, 7) is 5.45. The van der Waals surface area contributed by atoms with Crippen molar-refractivity contribution in [3.05, 3.63) is 52.0 Å². The number of nitrogens with one attached hydrogen (secondary N) is 1. The summed E-state index contributed by atoms with van der Waals surface area (Å²) in [6.07, 6.45) is 0.747. The largest absolute Gasteiger partial charge is 0.495 e. The van der Waals surface area contributed by atoms with Crippen molar-refractivity contribution in [1.82, 2.24) is 4.72 Å². The highest BCUT2D eigenvalue weighted by atomic mass is 79.9. The predicted molar refractivity (Wildman–Crippen MR) is 113 cm³/mol. The van der Waals surface area contributed by atoms with Crippen LogP contribution < -0.4 is 14.4 Å². The lowest BCUT2D eigenvalue weighted by molar-refractivity contribution is 0.0981. The summed E-state index contributed by atoms with van der Waals surface area (Å²) in [5, 5.41) is 0. The van der Waals surface area contributed by atoms with Crippen LogP contribution in [0.25, 0.3) is 0 Å². The Balaban J connectivity index is 2.03. The van der Waals surface area contributed by atoms with E-state index >= 15 is 0 Å². The molecule has 1 amide bonds. The molecule has 3 rings (SSSR count). The van der Waals surface area contributed by atoms with Crippen LogP contribution in [0.4, 0.5) is 5.69 Å². The quantitative estimate of drug-likeness (QED) is 0.727. The molecule has 1 atom stereocenters. The molecule has 0 radical (unpaired) electrons. The molecular weight excluding hydrogens is 444 g/mol. The first-order chi connectivity index (χ1) is 13.1. The smallest absolute Gasteiger partial charge is 0.258 e. The van der Waals surface area contributed by atoms with Gasteiger partial charge in [-0.2, -0.15) is 0 Å². The number of ether oxygens (including phenoxy) is 1. The molecule has 0 aliphatic carbocycles. The Morgan fingerprint density at radius 1 is 1.25 bits per heavy atom. The molecule has 0 saturated heterocycles. The van der Waals surface area contributed by atoms with Gasteiger partial charge in [0.05, 0.1) is 7.11 Å². The van der Waals surface area contributed by atoms with Crippen molar-refractivity contribution in [2.75, 3.05) is 12.0 Å². The van der Waals surface area contributed by atoms with Crippen LogP contribution in [0.3, 0.4) is 0 Å². The monoisotopic (exact) mass is 466 g/mol. The van der Waals surface area contributed by atoms with Gasteiger partial charge in [0.25, 0.3) is 5.91 Å². The van der Waals surface area contributed by atoms with E-state index < -0.39 is 10.0 Å². The van der Waals surface area contributed by atoms with Crippen molar-refractivity contribution in [2.24, 2.45) is 0 Å². The van der Waals surface area contributed by atoms with E-state index in [1.54, 1.807) is 24.8 Å². The predicted octanol–water partition coefficient (Wildman–Crippen LogP) is 3.74. The molecule has 150 valence electrons. The summed E-state index contributed by atoms with van der Waals surface area (Å²) >= 11 is 3.46. The zero-order valence-corrected chi connectivity index (χ0v) is 18.6. The highest BCUT2D eigenvalue weighted by molar-refractivity contribution is 9.10. The number of anilines is 1. The first kappa shape index (κ1) is 20.8. The second-order valence-corrected chi connectivity index (χ2v) is 9.74. The van der Waals surface area contributed by atoms with Gasteiger partial charge in [0.2, 0.25) is 10.0 Å². The van der Waals surface area contributed by atoms with Crippen molar-refractivity contribution in [1.29, 1.82) is 0 Å². The summed E-state index contributed by atoms with van der Waals surface area (Å²) < 4.78 is 34.1. The van der Waals surface area contributed by atoms with Crippen LogP contribution in [0.5, 0.6) is 5.75 Å². The van der Waals surface area contributed by atoms with E-state index in [2.05, 4.69) is 20.7 Å². The lowest BCUT2D eigenvalue weighted by atomic mass is 10.1. The summed E-state index contributed by atoms with van der Waals surface area (Å²) in [6, 6.07) is 10.0. The fraction of sp³-hybridized carbons (Fsp3) is 0.350. The van der Waals surface area contributed by atoms with Gasteiger partial charge in [-0.15, -0.1) is 0 Å². The van der Waals surface area contributed by atoms with Crippen molar-refractivity contribution >= 4 is 37.5 Å². The van der Waals surface area contributed by atoms with Gasteiger partial charge >= 0.3 is 0 Å². The average molecular weight is 467 g/mol. The van der Waals surface area contributed by atoms with Gasteiger partial charge in [0.1, 0.15) is 10.6 Å². The number of rotatable bonds is 5. The van der Waals surface area contributed by atoms with Crippen LogP contribution in [-0.4, -0.2) is 33.5 Å². The standard InChI is InChI=1S/C20H23BrN2O4S/c1-12(2)22-28(25,26)19-11-14(5-8-18(19)27-4)20(24)23-13(3)9-15-10-16(21)6-7-17(15)23/h5-8,10-13,22H,9H2,1-4H3. The fourth-order valence-corrected chi connectivity index (χ4v) is 5.30. The third kappa shape index (κ3) is 3.94. The van der Waals surface area contributed by atoms with E-state index in [9.17, 15) is 13.2 Å². The first-order valence-electron chi connectivity index (χ1n) is 8.96. The molecule has 6 nitrogen and oxygen atoms in total. The number of methoxy groups -OCH3 is 1. The van der Waals surface area contributed by atoms with E-state index in [4.69, 9.17) is 4.74 Å². The number of nitrogens with zero attached hydrogens (tertiary/aromatic N) is 1. The Kier molecular flexibility index (Phi) is 5.84. The fourth-order valence-electron chi connectivity index (χ4n) is 3.44. The molecule has 2 aromatic carbocycles. The topological polar surface area (TPSA) is 75.7 Å². The van der Waals surface area contributed by atoms with Gasteiger partial charge in [0.15, 0.2) is 0 Å². The maximum atomic E-state index is 13.3. The Hall–Kier alpha value is -1.90. The molecule has 1 heterocycles. The zero-order valence-electron chi connectivity index (χ0n) is 16.2. The molecule has 2 aromatic rings. The normalized spacial score (nSPS) is 16.4. The van der Waals surface area contributed by atoms with E-state index in [0.717, 1.165) is 22.1 Å². The molecule has 0 bridgehead atoms. The van der Waals surface area contributed by atoms with Crippen molar-refractivity contribution < 1.29 is 17.9 Å². The van der Waals surface area contributed by atoms with Crippen molar-refractivity contribution in [3.8, 4) is 5.75 Å². The molecule has 0 saturated carbocycles. The number of fused-ring (bicyclic) bond motifs is 1. The van der Waals surface area contributed by atoms with Crippen LogP contribution in [-0.2, 0) is 16.4 Å². The van der Waals surface area contributed by atoms with Gasteiger partial charge < -0.3 is 9.64 Å². The minimum absolute atomic E-state index is 0.0206. The van der Waals surface area contributed by atoms with E-state index in [0.29, 0.717) is 5.56 Å². The second-order valence-electron chi connectivity index (χ2n) is 7.14. The summed E-state index contributed by atoms with van der Waals surface area (Å²) in [5.74, 6) is -0.0410. The second kappa shape index (κ2) is 7.85. The highest BCUT2D eigenvalue weighted by Gasteiger charge is 2.32. The third-order valence-corrected chi connectivity index (χ3v) is 6.74. The van der Waals surface area contributed by atoms with E-state index in [1.165, 1.54) is 19.2 Å². The average Bonchev–Trinajstić information content (AvgIpc) is 2.94. The van der Waals surface area contributed by atoms with Gasteiger partial charge in [0, 0.05) is 27.8 Å². The molecule has 0 aromatic heterocycles. The number of carbonyl (C=O) groups is 1. The molecule has 28 heavy (non-hydrogen) atoms. The van der Waals surface area contributed by atoms with Crippen LogP contribution in [0.1, 0.15) is 36.7 Å². The van der Waals surface area contributed by atoms with Crippen LogP contribution in [0, 0.1) is 0 Å². The number of carbonyl (C=O) groups excluding carboxylic acids is 1. The molecule has 1 unspecified atom stereocenters. The SMILES string of the molecule is COc1ccc(C(=O)N2c3ccc(Br)cc3CC2C)cc1S(=O)(=O)NC(C)C. The number of halogens is 1. The molecule has 1 aliphatic rings. The third-order valence-electron chi connectivity index (χ3n) is 4.57. The maximum absolute atomic E-state index is 13.3. The van der Waals surface area contributed by atoms with Crippen molar-refractivity contribution in [3.63, 3.8) is 0 Å². The van der Waals surface area contributed by atoms with Crippen LogP contribution in [0.2, 0.25) is 0 Å². The molecule has 0 spiro atoms. The van der Waals surface area contributed by atoms with E-state index in [-0.39, 0.29) is 28.6 Å². The Bertz CT molecular complexity index is 1020. The van der Waals surface area contributed by atoms with Gasteiger partial charge in [-0.25, -0.2) is 13.1 Å². The first-order valence-corrected chi connectivity index (χ1v) is 11.2. The Labute approximate surface area is 174 Å². The minimum Gasteiger partial charge on any atom is -0.495 e. The molecular formula is C20H23BrN2O4S. The molecule has 1 aliphatic heterocycles. The van der Waals surface area contributed by atoms with Crippen molar-refractivity contribution in [2.45, 2.75) is 44.2 Å². The van der Waals surface area contributed by atoms with E-state index in [1.807, 2.05) is 25.1 Å². The molecule has 0 fully saturated rings. The van der Waals surface area contributed by atoms with Gasteiger partial charge in [-0.05, 0) is 69.2 Å². The lowest BCUT2D eigenvalue weighted by Crippen LogP contribution is -2.36. The summed E-state index contributed by atoms with van der Waals surface area (Å²) in [4.78, 5) is 14.9. The highest BCUT2D eigenvalue weighted by Crippen LogP contribution is 2.36. The number of hydrogen-bond acceptors (Lipinski definition) is 4. The van der Waals surface area contributed by atoms with Crippen LogP contribution >= 0.6 is 15.9 Å². The zero-order chi connectivity index (χ0) is 20.6. The molecule has 1 N–H and O–H groups in total. The maximum Gasteiger partial charge on any atom is 0.258 e. The summed E-state index contributed by atoms with van der Waals surface area (Å²) in [7, 11) is -2.41. The number of sulfonamides is 1. The summed E-state index contributed by atoms with van der Waals surface area (Å²) in [5.41, 5.74) is 2.23. The minimum atomic E-state index is -3.81. The molecule has 8 heteroatoms.